The number of carbonyl (C=O) groups is 1. The molecule has 0 heterocycles. The van der Waals surface area contributed by atoms with Crippen molar-refractivity contribution in [2.45, 2.75) is 32.6 Å². The lowest BCUT2D eigenvalue weighted by molar-refractivity contribution is 0.0954. The van der Waals surface area contributed by atoms with Crippen LogP contribution in [0.25, 0.3) is 0 Å². The van der Waals surface area contributed by atoms with Gasteiger partial charge in [0.05, 0.1) is 0 Å². The summed E-state index contributed by atoms with van der Waals surface area (Å²) >= 11 is 0. The van der Waals surface area contributed by atoms with Gasteiger partial charge >= 0.3 is 0 Å². The van der Waals surface area contributed by atoms with Gasteiger partial charge in [-0.2, -0.15) is 0 Å². The molecule has 0 radical (unpaired) electrons. The molecule has 0 aliphatic carbocycles. The van der Waals surface area contributed by atoms with Crippen LogP contribution in [0.4, 0.5) is 0 Å². The van der Waals surface area contributed by atoms with Gasteiger partial charge in [0.1, 0.15) is 24.7 Å². The Labute approximate surface area is 290 Å². The predicted molar refractivity (Wildman–Crippen MR) is 199 cm³/mol. The summed E-state index contributed by atoms with van der Waals surface area (Å²) in [7, 11) is 0. The van der Waals surface area contributed by atoms with Crippen LogP contribution >= 0.6 is 0 Å². The Morgan fingerprint density at radius 3 is 1.31 bits per heavy atom. The fraction of sp³-hybridized carbons (Fsp3) is 0.159. The van der Waals surface area contributed by atoms with Crippen molar-refractivity contribution >= 4 is 5.91 Å². The molecule has 5 heteroatoms. The van der Waals surface area contributed by atoms with Crippen molar-refractivity contribution < 1.29 is 14.3 Å². The number of nitrogens with one attached hydrogen (secondary N) is 2. The third-order valence-corrected chi connectivity index (χ3v) is 7.84. The molecule has 6 aromatic rings. The monoisotopic (exact) mass is 648 g/mol. The molecule has 0 atom stereocenters. The van der Waals surface area contributed by atoms with Gasteiger partial charge in [-0.25, -0.2) is 0 Å². The van der Waals surface area contributed by atoms with Crippen molar-refractivity contribution in [3.8, 4) is 11.5 Å². The third kappa shape index (κ3) is 12.8. The summed E-state index contributed by atoms with van der Waals surface area (Å²) in [5.74, 6) is 1.73. The zero-order chi connectivity index (χ0) is 33.8. The number of amides is 1. The van der Waals surface area contributed by atoms with Crippen molar-refractivity contribution in [1.29, 1.82) is 0 Å². The van der Waals surface area contributed by atoms with Crippen molar-refractivity contribution in [2.24, 2.45) is 0 Å². The topological polar surface area (TPSA) is 59.6 Å². The summed E-state index contributed by atoms with van der Waals surface area (Å²) in [5.41, 5.74) is 6.83. The minimum atomic E-state index is -0.0385. The van der Waals surface area contributed by atoms with Crippen LogP contribution in [0.15, 0.2) is 170 Å². The van der Waals surface area contributed by atoms with Crippen molar-refractivity contribution in [3.63, 3.8) is 0 Å². The second-order valence-electron chi connectivity index (χ2n) is 11.6. The molecule has 1 amide bonds. The van der Waals surface area contributed by atoms with Gasteiger partial charge in [-0.3, -0.25) is 4.79 Å². The highest BCUT2D eigenvalue weighted by Gasteiger charge is 2.04. The van der Waals surface area contributed by atoms with Gasteiger partial charge in [-0.1, -0.05) is 133 Å². The lowest BCUT2D eigenvalue weighted by Crippen LogP contribution is -2.25. The SMILES string of the molecule is O=C(NCCc1ccc(OCc2ccccc2)cc1)c1ccccc1.c1ccc(CNCCc2ccc(OCc3ccccc3)cc2)cc1. The second-order valence-corrected chi connectivity index (χ2v) is 11.6. The van der Waals surface area contributed by atoms with Crippen LogP contribution in [0.2, 0.25) is 0 Å². The van der Waals surface area contributed by atoms with E-state index in [1.54, 1.807) is 0 Å². The van der Waals surface area contributed by atoms with Crippen LogP contribution in [-0.2, 0) is 32.6 Å². The Kier molecular flexibility index (Phi) is 14.1. The molecule has 0 aliphatic heterocycles. The Bertz CT molecular complexity index is 1760. The lowest BCUT2D eigenvalue weighted by Gasteiger charge is -2.08. The fourth-order valence-electron chi connectivity index (χ4n) is 5.06. The lowest BCUT2D eigenvalue weighted by atomic mass is 10.1. The predicted octanol–water partition coefficient (Wildman–Crippen LogP) is 8.84. The molecule has 0 saturated carbocycles. The largest absolute Gasteiger partial charge is 0.489 e. The summed E-state index contributed by atoms with van der Waals surface area (Å²) in [6.45, 7) is 3.67. The van der Waals surface area contributed by atoms with E-state index in [0.29, 0.717) is 25.3 Å². The molecule has 0 fully saturated rings. The standard InChI is InChI=1S/C22H21NO2.C22H23NO/c24-22(20-9-5-2-6-10-20)23-16-15-18-11-13-21(14-12-18)25-17-19-7-3-1-4-8-19;1-3-7-20(8-4-1)17-23-16-15-19-11-13-22(14-12-19)24-18-21-9-5-2-6-10-21/h1-14H,15-17H2,(H,23,24);1-14,23H,15-18H2. The molecular weight excluding hydrogens is 604 g/mol. The van der Waals surface area contributed by atoms with E-state index in [2.05, 4.69) is 71.3 Å². The quantitative estimate of drug-likeness (QED) is 0.109. The van der Waals surface area contributed by atoms with E-state index < -0.39 is 0 Å². The molecule has 0 bridgehead atoms. The van der Waals surface area contributed by atoms with Crippen molar-refractivity contribution in [1.82, 2.24) is 10.6 Å². The summed E-state index contributed by atoms with van der Waals surface area (Å²) in [5, 5.41) is 6.42. The minimum Gasteiger partial charge on any atom is -0.489 e. The van der Waals surface area contributed by atoms with Gasteiger partial charge in [0.2, 0.25) is 0 Å². The maximum Gasteiger partial charge on any atom is 0.251 e. The number of carbonyl (C=O) groups excluding carboxylic acids is 1. The smallest absolute Gasteiger partial charge is 0.251 e. The number of hydrogen-bond acceptors (Lipinski definition) is 4. The van der Waals surface area contributed by atoms with E-state index in [0.717, 1.165) is 43.0 Å². The van der Waals surface area contributed by atoms with Crippen LogP contribution in [-0.4, -0.2) is 19.0 Å². The maximum absolute atomic E-state index is 12.0. The van der Waals surface area contributed by atoms with Gasteiger partial charge in [0.15, 0.2) is 0 Å². The first-order valence-electron chi connectivity index (χ1n) is 16.8. The third-order valence-electron chi connectivity index (χ3n) is 7.84. The first-order valence-corrected chi connectivity index (χ1v) is 16.8. The number of rotatable bonds is 15. The second kappa shape index (κ2) is 19.9. The maximum atomic E-state index is 12.0. The summed E-state index contributed by atoms with van der Waals surface area (Å²) < 4.78 is 11.6. The highest BCUT2D eigenvalue weighted by atomic mass is 16.5. The summed E-state index contributed by atoms with van der Waals surface area (Å²) in [6, 6.07) is 56.5. The van der Waals surface area contributed by atoms with Gasteiger partial charge in [-0.15, -0.1) is 0 Å². The highest BCUT2D eigenvalue weighted by Crippen LogP contribution is 2.16. The number of hydrogen-bond donors (Lipinski definition) is 2. The average molecular weight is 649 g/mol. The Hall–Kier alpha value is -5.65. The highest BCUT2D eigenvalue weighted by molar-refractivity contribution is 5.94. The first kappa shape index (κ1) is 34.7. The number of benzene rings is 6. The molecule has 6 aromatic carbocycles. The van der Waals surface area contributed by atoms with Gasteiger partial charge in [0.25, 0.3) is 5.91 Å². The minimum absolute atomic E-state index is 0.0385. The van der Waals surface area contributed by atoms with E-state index in [1.807, 2.05) is 109 Å². The summed E-state index contributed by atoms with van der Waals surface area (Å²) in [4.78, 5) is 12.0. The van der Waals surface area contributed by atoms with E-state index >= 15 is 0 Å². The Balaban J connectivity index is 0.000000191. The van der Waals surface area contributed by atoms with Crippen molar-refractivity contribution in [3.05, 3.63) is 203 Å². The number of ether oxygens (including phenoxy) is 2. The average Bonchev–Trinajstić information content (AvgIpc) is 3.18. The molecule has 0 saturated heterocycles. The molecule has 0 unspecified atom stereocenters. The van der Waals surface area contributed by atoms with Crippen LogP contribution in [0.3, 0.4) is 0 Å². The van der Waals surface area contributed by atoms with E-state index in [1.165, 1.54) is 22.3 Å². The van der Waals surface area contributed by atoms with Crippen LogP contribution < -0.4 is 20.1 Å². The molecule has 0 aliphatic rings. The molecule has 49 heavy (non-hydrogen) atoms. The van der Waals surface area contributed by atoms with Gasteiger partial charge in [0, 0.05) is 18.7 Å². The van der Waals surface area contributed by atoms with Gasteiger partial charge in [-0.05, 0) is 83.6 Å². The molecule has 5 nitrogen and oxygen atoms in total. The van der Waals surface area contributed by atoms with Gasteiger partial charge < -0.3 is 20.1 Å². The van der Waals surface area contributed by atoms with E-state index in [4.69, 9.17) is 9.47 Å². The van der Waals surface area contributed by atoms with Crippen LogP contribution in [0, 0.1) is 0 Å². The molecular formula is C44H44N2O3. The molecule has 248 valence electrons. The van der Waals surface area contributed by atoms with Crippen LogP contribution in [0.1, 0.15) is 38.2 Å². The molecule has 0 aromatic heterocycles. The normalized spacial score (nSPS) is 10.4. The Morgan fingerprint density at radius 2 is 0.837 bits per heavy atom. The Morgan fingerprint density at radius 1 is 0.429 bits per heavy atom. The molecule has 2 N–H and O–H groups in total. The van der Waals surface area contributed by atoms with E-state index in [-0.39, 0.29) is 5.91 Å². The molecule has 0 spiro atoms. The zero-order valence-corrected chi connectivity index (χ0v) is 27.8. The van der Waals surface area contributed by atoms with Crippen LogP contribution in [0.5, 0.6) is 11.5 Å². The van der Waals surface area contributed by atoms with E-state index in [9.17, 15) is 4.79 Å². The fourth-order valence-corrected chi connectivity index (χ4v) is 5.06. The molecule has 6 rings (SSSR count). The van der Waals surface area contributed by atoms with Crippen molar-refractivity contribution in [2.75, 3.05) is 13.1 Å². The first-order chi connectivity index (χ1) is 24.2. The summed E-state index contributed by atoms with van der Waals surface area (Å²) in [6.07, 6.45) is 1.81. The zero-order valence-electron chi connectivity index (χ0n) is 27.8.